The van der Waals surface area contributed by atoms with E-state index in [9.17, 15) is 4.79 Å². The van der Waals surface area contributed by atoms with E-state index < -0.39 is 0 Å². The lowest BCUT2D eigenvalue weighted by Crippen LogP contribution is -2.46. The summed E-state index contributed by atoms with van der Waals surface area (Å²) in [6.07, 6.45) is 4.43. The highest BCUT2D eigenvalue weighted by molar-refractivity contribution is 5.97. The molecule has 6 heteroatoms. The van der Waals surface area contributed by atoms with Crippen molar-refractivity contribution in [2.45, 2.75) is 51.5 Å². The summed E-state index contributed by atoms with van der Waals surface area (Å²) in [6.45, 7) is 9.65. The minimum absolute atomic E-state index is 0.127. The number of aromatic nitrogens is 1. The zero-order valence-corrected chi connectivity index (χ0v) is 17.0. The van der Waals surface area contributed by atoms with Crippen LogP contribution < -0.4 is 0 Å². The third-order valence-electron chi connectivity index (χ3n) is 5.92. The van der Waals surface area contributed by atoms with E-state index in [0.29, 0.717) is 6.04 Å². The largest absolute Gasteiger partial charge is 0.440 e. The van der Waals surface area contributed by atoms with Crippen LogP contribution in [0.15, 0.2) is 22.6 Å². The van der Waals surface area contributed by atoms with Gasteiger partial charge in [-0.25, -0.2) is 4.98 Å². The number of hydrogen-bond donors (Lipinski definition) is 0. The smallest absolute Gasteiger partial charge is 0.254 e. The minimum Gasteiger partial charge on any atom is -0.440 e. The normalized spacial score (nSPS) is 21.5. The van der Waals surface area contributed by atoms with Crippen LogP contribution in [0.3, 0.4) is 0 Å². The first kappa shape index (κ1) is 19.4. The number of amides is 1. The molecule has 1 aromatic heterocycles. The van der Waals surface area contributed by atoms with Crippen molar-refractivity contribution in [2.24, 2.45) is 0 Å². The van der Waals surface area contributed by atoms with Gasteiger partial charge in [-0.05, 0) is 43.9 Å². The Kier molecular flexibility index (Phi) is 5.97. The van der Waals surface area contributed by atoms with Crippen molar-refractivity contribution in [2.75, 3.05) is 39.4 Å². The van der Waals surface area contributed by atoms with Crippen molar-refractivity contribution >= 4 is 17.0 Å². The lowest BCUT2D eigenvalue weighted by molar-refractivity contribution is 0.0296. The van der Waals surface area contributed by atoms with Gasteiger partial charge in [-0.1, -0.05) is 13.8 Å². The molecule has 28 heavy (non-hydrogen) atoms. The number of hydrogen-bond acceptors (Lipinski definition) is 5. The number of nitrogens with zero attached hydrogens (tertiary/aromatic N) is 3. The number of fused-ring (bicyclic) bond motifs is 1. The van der Waals surface area contributed by atoms with E-state index >= 15 is 0 Å². The van der Waals surface area contributed by atoms with Crippen molar-refractivity contribution in [3.8, 4) is 0 Å². The Morgan fingerprint density at radius 2 is 2.04 bits per heavy atom. The number of rotatable bonds is 5. The molecule has 0 bridgehead atoms. The van der Waals surface area contributed by atoms with Crippen LogP contribution in [0.5, 0.6) is 0 Å². The van der Waals surface area contributed by atoms with E-state index in [1.54, 1.807) is 0 Å². The third-order valence-corrected chi connectivity index (χ3v) is 5.92. The molecular weight excluding hydrogens is 354 g/mol. The van der Waals surface area contributed by atoms with Crippen LogP contribution in [0.1, 0.15) is 61.7 Å². The molecule has 2 aromatic rings. The highest BCUT2D eigenvalue weighted by Gasteiger charge is 2.28. The van der Waals surface area contributed by atoms with Crippen LogP contribution in [0.4, 0.5) is 0 Å². The molecule has 2 fully saturated rings. The Bertz CT molecular complexity index is 810. The molecule has 4 rings (SSSR count). The topological polar surface area (TPSA) is 58.8 Å². The molecule has 1 aromatic carbocycles. The van der Waals surface area contributed by atoms with Gasteiger partial charge in [0.25, 0.3) is 5.91 Å². The van der Waals surface area contributed by atoms with E-state index in [-0.39, 0.29) is 11.8 Å². The van der Waals surface area contributed by atoms with Gasteiger partial charge in [0.2, 0.25) is 0 Å². The van der Waals surface area contributed by atoms with Gasteiger partial charge in [-0.2, -0.15) is 0 Å². The summed E-state index contributed by atoms with van der Waals surface area (Å²) in [7, 11) is 0. The van der Waals surface area contributed by atoms with E-state index in [1.807, 2.05) is 18.2 Å². The molecule has 0 radical (unpaired) electrons. The molecule has 0 N–H and O–H groups in total. The molecule has 2 saturated heterocycles. The summed E-state index contributed by atoms with van der Waals surface area (Å²) in [5.74, 6) is 1.09. The maximum atomic E-state index is 13.3. The van der Waals surface area contributed by atoms with Crippen molar-refractivity contribution in [1.82, 2.24) is 14.8 Å². The van der Waals surface area contributed by atoms with Crippen LogP contribution >= 0.6 is 0 Å². The number of carbonyl (C=O) groups is 1. The average Bonchev–Trinajstić information content (AvgIpc) is 3.16. The second-order valence-corrected chi connectivity index (χ2v) is 8.28. The average molecular weight is 386 g/mol. The van der Waals surface area contributed by atoms with Gasteiger partial charge < -0.3 is 14.1 Å². The number of morpholine rings is 1. The first-order valence-electron chi connectivity index (χ1n) is 10.6. The van der Waals surface area contributed by atoms with Gasteiger partial charge in [0.1, 0.15) is 5.52 Å². The van der Waals surface area contributed by atoms with Crippen molar-refractivity contribution in [3.63, 3.8) is 0 Å². The van der Waals surface area contributed by atoms with Gasteiger partial charge in [-0.15, -0.1) is 0 Å². The second kappa shape index (κ2) is 8.62. The highest BCUT2D eigenvalue weighted by atomic mass is 16.5. The molecule has 1 atom stereocenters. The fourth-order valence-electron chi connectivity index (χ4n) is 4.22. The lowest BCUT2D eigenvalue weighted by Gasteiger charge is -2.37. The van der Waals surface area contributed by atoms with Crippen LogP contribution in [-0.4, -0.2) is 66.1 Å². The van der Waals surface area contributed by atoms with Gasteiger partial charge >= 0.3 is 0 Å². The molecule has 2 aliphatic rings. The molecule has 1 amide bonds. The number of ether oxygens (including phenoxy) is 1. The summed E-state index contributed by atoms with van der Waals surface area (Å²) in [5, 5.41) is 0. The SMILES string of the molecule is CC(C)c1nc2cc(C(=O)N3CCCC[C@@H]3CCN3CCOCC3)ccc2o1. The molecule has 0 saturated carbocycles. The predicted octanol–water partition coefficient (Wildman–Crippen LogP) is 3.67. The lowest BCUT2D eigenvalue weighted by atomic mass is 9.97. The van der Waals surface area contributed by atoms with Crippen molar-refractivity contribution < 1.29 is 13.9 Å². The van der Waals surface area contributed by atoms with Crippen LogP contribution in [0.25, 0.3) is 11.1 Å². The number of oxazole rings is 1. The first-order valence-corrected chi connectivity index (χ1v) is 10.6. The summed E-state index contributed by atoms with van der Waals surface area (Å²) < 4.78 is 11.2. The molecule has 0 aliphatic carbocycles. The molecule has 0 spiro atoms. The fourth-order valence-corrected chi connectivity index (χ4v) is 4.22. The zero-order valence-electron chi connectivity index (χ0n) is 17.0. The van der Waals surface area contributed by atoms with Crippen LogP contribution in [0.2, 0.25) is 0 Å². The second-order valence-electron chi connectivity index (χ2n) is 8.28. The van der Waals surface area contributed by atoms with E-state index in [0.717, 1.165) is 81.2 Å². The molecular formula is C22H31N3O3. The third kappa shape index (κ3) is 4.23. The minimum atomic E-state index is 0.127. The summed E-state index contributed by atoms with van der Waals surface area (Å²) >= 11 is 0. The molecule has 152 valence electrons. The fraction of sp³-hybridized carbons (Fsp3) is 0.636. The van der Waals surface area contributed by atoms with E-state index in [1.165, 1.54) is 6.42 Å². The molecule has 0 unspecified atom stereocenters. The number of likely N-dealkylation sites (tertiary alicyclic amines) is 1. The standard InChI is InChI=1S/C22H31N3O3/c1-16(2)21-23-19-15-17(6-7-20(19)28-21)22(26)25-9-4-3-5-18(25)8-10-24-11-13-27-14-12-24/h6-7,15-16,18H,3-5,8-14H2,1-2H3/t18-/m1/s1. The maximum Gasteiger partial charge on any atom is 0.254 e. The van der Waals surface area contributed by atoms with Gasteiger partial charge in [0.15, 0.2) is 11.5 Å². The monoisotopic (exact) mass is 385 g/mol. The molecule has 3 heterocycles. The van der Waals surface area contributed by atoms with Crippen molar-refractivity contribution in [3.05, 3.63) is 29.7 Å². The maximum absolute atomic E-state index is 13.3. The number of benzene rings is 1. The zero-order chi connectivity index (χ0) is 19.5. The number of carbonyl (C=O) groups excluding carboxylic acids is 1. The Balaban J connectivity index is 1.47. The van der Waals surface area contributed by atoms with Crippen molar-refractivity contribution in [1.29, 1.82) is 0 Å². The quantitative estimate of drug-likeness (QED) is 0.786. The summed E-state index contributed by atoms with van der Waals surface area (Å²) in [4.78, 5) is 22.4. The van der Waals surface area contributed by atoms with E-state index in [2.05, 4.69) is 28.6 Å². The van der Waals surface area contributed by atoms with E-state index in [4.69, 9.17) is 9.15 Å². The first-order chi connectivity index (χ1) is 13.6. The van der Waals surface area contributed by atoms with Gasteiger partial charge in [0.05, 0.1) is 13.2 Å². The Labute approximate surface area is 166 Å². The van der Waals surface area contributed by atoms with Gasteiger partial charge in [-0.3, -0.25) is 9.69 Å². The summed E-state index contributed by atoms with van der Waals surface area (Å²) in [6, 6.07) is 5.98. The Morgan fingerprint density at radius 3 is 2.82 bits per heavy atom. The highest BCUT2D eigenvalue weighted by Crippen LogP contribution is 2.26. The van der Waals surface area contributed by atoms with Crippen LogP contribution in [-0.2, 0) is 4.74 Å². The Hall–Kier alpha value is -1.92. The van der Waals surface area contributed by atoms with Crippen LogP contribution in [0, 0.1) is 0 Å². The molecule has 2 aliphatic heterocycles. The predicted molar refractivity (Wildman–Crippen MR) is 109 cm³/mol. The summed E-state index contributed by atoms with van der Waals surface area (Å²) in [5.41, 5.74) is 2.24. The van der Waals surface area contributed by atoms with Gasteiger partial charge in [0, 0.05) is 43.7 Å². The Morgan fingerprint density at radius 1 is 1.21 bits per heavy atom. The molecule has 6 nitrogen and oxygen atoms in total. The number of piperidine rings is 1.